The highest BCUT2D eigenvalue weighted by atomic mass is 16.2. The summed E-state index contributed by atoms with van der Waals surface area (Å²) < 4.78 is 0. The second-order valence-electron chi connectivity index (χ2n) is 6.47. The van der Waals surface area contributed by atoms with E-state index in [2.05, 4.69) is 24.1 Å². The smallest absolute Gasteiger partial charge is 0.226 e. The van der Waals surface area contributed by atoms with E-state index in [1.165, 1.54) is 6.92 Å². The van der Waals surface area contributed by atoms with Crippen LogP contribution >= 0.6 is 0 Å². The number of carbonyl (C=O) groups excluding carboxylic acids is 2. The summed E-state index contributed by atoms with van der Waals surface area (Å²) in [5.41, 5.74) is 3.77. The number of rotatable bonds is 8. The fourth-order valence-electron chi connectivity index (χ4n) is 3.09. The van der Waals surface area contributed by atoms with Gasteiger partial charge in [0.05, 0.1) is 0 Å². The minimum absolute atomic E-state index is 0.0688. The van der Waals surface area contributed by atoms with Crippen LogP contribution < -0.4 is 15.1 Å². The van der Waals surface area contributed by atoms with E-state index in [0.29, 0.717) is 6.54 Å². The van der Waals surface area contributed by atoms with Crippen LogP contribution in [0.4, 0.5) is 17.1 Å². The van der Waals surface area contributed by atoms with E-state index in [1.807, 2.05) is 55.5 Å². The number of aryl methyl sites for hydroxylation is 1. The van der Waals surface area contributed by atoms with Gasteiger partial charge in [-0.3, -0.25) is 9.59 Å². The maximum absolute atomic E-state index is 12.3. The quantitative estimate of drug-likeness (QED) is 0.760. The van der Waals surface area contributed by atoms with Gasteiger partial charge in [0.15, 0.2) is 0 Å². The number of benzene rings is 2. The van der Waals surface area contributed by atoms with Crippen molar-refractivity contribution in [2.45, 2.75) is 34.1 Å². The number of para-hydroxylation sites is 1. The van der Waals surface area contributed by atoms with Crippen molar-refractivity contribution >= 4 is 28.9 Å². The molecule has 144 valence electrons. The van der Waals surface area contributed by atoms with Crippen LogP contribution in [-0.4, -0.2) is 31.4 Å². The molecule has 0 bridgehead atoms. The summed E-state index contributed by atoms with van der Waals surface area (Å²) >= 11 is 0. The molecule has 0 unspecified atom stereocenters. The van der Waals surface area contributed by atoms with Gasteiger partial charge in [0, 0.05) is 50.0 Å². The summed E-state index contributed by atoms with van der Waals surface area (Å²) in [4.78, 5) is 28.2. The highest BCUT2D eigenvalue weighted by Gasteiger charge is 2.15. The van der Waals surface area contributed by atoms with Crippen LogP contribution in [0, 0.1) is 6.92 Å². The zero-order chi connectivity index (χ0) is 19.8. The Morgan fingerprint density at radius 1 is 0.963 bits per heavy atom. The lowest BCUT2D eigenvalue weighted by Gasteiger charge is -2.23. The molecular formula is C22H29N3O2. The van der Waals surface area contributed by atoms with Crippen LogP contribution in [0.25, 0.3) is 0 Å². The van der Waals surface area contributed by atoms with E-state index in [4.69, 9.17) is 0 Å². The lowest BCUT2D eigenvalue weighted by atomic mass is 10.1. The molecular weight excluding hydrogens is 338 g/mol. The molecule has 0 aliphatic heterocycles. The van der Waals surface area contributed by atoms with Crippen molar-refractivity contribution < 1.29 is 9.59 Å². The molecule has 0 aromatic heterocycles. The molecule has 5 heteroatoms. The molecule has 27 heavy (non-hydrogen) atoms. The topological polar surface area (TPSA) is 52.7 Å². The molecule has 5 nitrogen and oxygen atoms in total. The normalized spacial score (nSPS) is 10.4. The van der Waals surface area contributed by atoms with Crippen LogP contribution in [0.3, 0.4) is 0 Å². The molecule has 2 aromatic carbocycles. The first kappa shape index (κ1) is 20.5. The summed E-state index contributed by atoms with van der Waals surface area (Å²) in [6.45, 7) is 9.97. The summed E-state index contributed by atoms with van der Waals surface area (Å²) in [5, 5.41) is 2.91. The lowest BCUT2D eigenvalue weighted by Crippen LogP contribution is -2.32. The largest absolute Gasteiger partial charge is 0.372 e. The Bertz CT molecular complexity index is 767. The average molecular weight is 367 g/mol. The average Bonchev–Trinajstić information content (AvgIpc) is 2.65. The summed E-state index contributed by atoms with van der Waals surface area (Å²) in [7, 11) is 0. The number of nitrogens with zero attached hydrogens (tertiary/aromatic N) is 2. The standard InChI is InChI=1S/C22H29N3O2/c1-5-24(6-2)20-13-11-19(12-14-20)23-22(27)15-16-25(18(4)26)21-10-8-7-9-17(21)3/h7-14H,5-6,15-16H2,1-4H3,(H,23,27). The minimum atomic E-state index is -0.106. The first-order valence-electron chi connectivity index (χ1n) is 9.44. The highest BCUT2D eigenvalue weighted by molar-refractivity contribution is 5.95. The number of nitrogens with one attached hydrogen (secondary N) is 1. The molecule has 0 atom stereocenters. The summed E-state index contributed by atoms with van der Waals surface area (Å²) in [6.07, 6.45) is 0.242. The van der Waals surface area contributed by atoms with Gasteiger partial charge in [-0.05, 0) is 56.7 Å². The van der Waals surface area contributed by atoms with Gasteiger partial charge in [-0.25, -0.2) is 0 Å². The van der Waals surface area contributed by atoms with E-state index in [1.54, 1.807) is 4.90 Å². The molecule has 0 radical (unpaired) electrons. The van der Waals surface area contributed by atoms with Gasteiger partial charge in [0.25, 0.3) is 0 Å². The van der Waals surface area contributed by atoms with Crippen LogP contribution in [0.1, 0.15) is 32.8 Å². The van der Waals surface area contributed by atoms with Crippen LogP contribution in [0.2, 0.25) is 0 Å². The zero-order valence-corrected chi connectivity index (χ0v) is 16.7. The molecule has 1 N–H and O–H groups in total. The van der Waals surface area contributed by atoms with E-state index in [-0.39, 0.29) is 18.2 Å². The van der Waals surface area contributed by atoms with Gasteiger partial charge >= 0.3 is 0 Å². The van der Waals surface area contributed by atoms with Crippen molar-refractivity contribution in [3.63, 3.8) is 0 Å². The Kier molecular flexibility index (Phi) is 7.41. The van der Waals surface area contributed by atoms with Gasteiger partial charge < -0.3 is 15.1 Å². The fraction of sp³-hybridized carbons (Fsp3) is 0.364. The molecule has 0 aliphatic carbocycles. The van der Waals surface area contributed by atoms with Gasteiger partial charge in [-0.1, -0.05) is 18.2 Å². The Balaban J connectivity index is 1.96. The van der Waals surface area contributed by atoms with Crippen molar-refractivity contribution in [1.82, 2.24) is 0 Å². The highest BCUT2D eigenvalue weighted by Crippen LogP contribution is 2.21. The Hall–Kier alpha value is -2.82. The molecule has 0 spiro atoms. The number of amides is 2. The monoisotopic (exact) mass is 367 g/mol. The van der Waals surface area contributed by atoms with Gasteiger partial charge in [0.2, 0.25) is 11.8 Å². The Morgan fingerprint density at radius 2 is 1.59 bits per heavy atom. The van der Waals surface area contributed by atoms with Crippen molar-refractivity contribution in [3.8, 4) is 0 Å². The van der Waals surface area contributed by atoms with Crippen LogP contribution in [0.5, 0.6) is 0 Å². The zero-order valence-electron chi connectivity index (χ0n) is 16.7. The van der Waals surface area contributed by atoms with Gasteiger partial charge in [0.1, 0.15) is 0 Å². The second-order valence-corrected chi connectivity index (χ2v) is 6.47. The molecule has 0 saturated carbocycles. The Morgan fingerprint density at radius 3 is 2.15 bits per heavy atom. The SMILES string of the molecule is CCN(CC)c1ccc(NC(=O)CCN(C(C)=O)c2ccccc2C)cc1. The fourth-order valence-corrected chi connectivity index (χ4v) is 3.09. The Labute approximate surface area is 162 Å². The minimum Gasteiger partial charge on any atom is -0.372 e. The van der Waals surface area contributed by atoms with E-state index in [9.17, 15) is 9.59 Å². The van der Waals surface area contributed by atoms with Gasteiger partial charge in [-0.15, -0.1) is 0 Å². The number of hydrogen-bond acceptors (Lipinski definition) is 3. The van der Waals surface area contributed by atoms with E-state index < -0.39 is 0 Å². The second kappa shape index (κ2) is 9.76. The molecule has 2 rings (SSSR count). The lowest BCUT2D eigenvalue weighted by molar-refractivity contribution is -0.117. The van der Waals surface area contributed by atoms with Crippen LogP contribution in [0.15, 0.2) is 48.5 Å². The molecule has 2 aromatic rings. The summed E-state index contributed by atoms with van der Waals surface area (Å²) in [5.74, 6) is -0.175. The van der Waals surface area contributed by atoms with Crippen molar-refractivity contribution in [2.24, 2.45) is 0 Å². The molecule has 0 aliphatic rings. The molecule has 0 heterocycles. The third-order valence-corrected chi connectivity index (χ3v) is 4.63. The number of carbonyl (C=O) groups is 2. The van der Waals surface area contributed by atoms with Crippen molar-refractivity contribution in [3.05, 3.63) is 54.1 Å². The number of hydrogen-bond donors (Lipinski definition) is 1. The maximum Gasteiger partial charge on any atom is 0.226 e. The van der Waals surface area contributed by atoms with E-state index >= 15 is 0 Å². The van der Waals surface area contributed by atoms with Gasteiger partial charge in [-0.2, -0.15) is 0 Å². The summed E-state index contributed by atoms with van der Waals surface area (Å²) in [6, 6.07) is 15.5. The number of anilines is 3. The molecule has 0 saturated heterocycles. The van der Waals surface area contributed by atoms with Crippen LogP contribution in [-0.2, 0) is 9.59 Å². The van der Waals surface area contributed by atoms with E-state index in [0.717, 1.165) is 35.7 Å². The first-order valence-corrected chi connectivity index (χ1v) is 9.44. The predicted molar refractivity (Wildman–Crippen MR) is 112 cm³/mol. The third-order valence-electron chi connectivity index (χ3n) is 4.63. The van der Waals surface area contributed by atoms with Crippen molar-refractivity contribution in [2.75, 3.05) is 34.8 Å². The van der Waals surface area contributed by atoms with Crippen molar-refractivity contribution in [1.29, 1.82) is 0 Å². The molecule has 0 fully saturated rings. The third kappa shape index (κ3) is 5.58. The first-order chi connectivity index (χ1) is 13.0. The predicted octanol–water partition coefficient (Wildman–Crippen LogP) is 4.22. The maximum atomic E-state index is 12.3. The molecule has 2 amide bonds.